The highest BCUT2D eigenvalue weighted by Gasteiger charge is 2.30. The summed E-state index contributed by atoms with van der Waals surface area (Å²) in [4.78, 5) is 34.0. The van der Waals surface area contributed by atoms with Crippen LogP contribution in [0.2, 0.25) is 0 Å². The van der Waals surface area contributed by atoms with Crippen LogP contribution in [0.3, 0.4) is 0 Å². The van der Waals surface area contributed by atoms with E-state index in [0.717, 1.165) is 48.7 Å². The summed E-state index contributed by atoms with van der Waals surface area (Å²) in [5.41, 5.74) is 3.55. The highest BCUT2D eigenvalue weighted by atomic mass is 32.1. The molecule has 164 valence electrons. The Balaban J connectivity index is 1.15. The van der Waals surface area contributed by atoms with Gasteiger partial charge in [-0.25, -0.2) is 4.98 Å². The average molecular weight is 447 g/mol. The average Bonchev–Trinajstić information content (AvgIpc) is 3.59. The van der Waals surface area contributed by atoms with E-state index in [2.05, 4.69) is 27.7 Å². The fraction of sp³-hybridized carbons (Fsp3) is 0.320. The molecule has 1 saturated heterocycles. The zero-order chi connectivity index (χ0) is 21.9. The van der Waals surface area contributed by atoms with Crippen LogP contribution in [0, 0.1) is 5.92 Å². The number of anilines is 1. The first-order valence-electron chi connectivity index (χ1n) is 11.1. The van der Waals surface area contributed by atoms with Crippen molar-refractivity contribution < 1.29 is 9.59 Å². The molecule has 7 heteroatoms. The van der Waals surface area contributed by atoms with Crippen LogP contribution in [-0.4, -0.2) is 52.8 Å². The molecule has 0 atom stereocenters. The van der Waals surface area contributed by atoms with Gasteiger partial charge in [0.25, 0.3) is 5.91 Å². The number of hydrogen-bond acceptors (Lipinski definition) is 5. The maximum atomic E-state index is 13.0. The van der Waals surface area contributed by atoms with Crippen molar-refractivity contribution in [2.75, 3.05) is 31.5 Å². The van der Waals surface area contributed by atoms with Crippen LogP contribution < -0.4 is 5.32 Å². The van der Waals surface area contributed by atoms with Crippen molar-refractivity contribution in [2.45, 2.75) is 19.4 Å². The van der Waals surface area contributed by atoms with Gasteiger partial charge in [0.15, 0.2) is 0 Å². The fourth-order valence-electron chi connectivity index (χ4n) is 3.93. The van der Waals surface area contributed by atoms with Gasteiger partial charge in [-0.15, -0.1) is 11.3 Å². The number of thiazole rings is 1. The highest BCUT2D eigenvalue weighted by molar-refractivity contribution is 7.13. The van der Waals surface area contributed by atoms with Gasteiger partial charge in [-0.05, 0) is 31.0 Å². The molecule has 0 spiro atoms. The Morgan fingerprint density at radius 1 is 1.00 bits per heavy atom. The van der Waals surface area contributed by atoms with Gasteiger partial charge in [0.05, 0.1) is 5.69 Å². The minimum absolute atomic E-state index is 0.0205. The Bertz CT molecular complexity index is 1100. The molecule has 1 aromatic heterocycles. The third-order valence-electron chi connectivity index (χ3n) is 5.94. The van der Waals surface area contributed by atoms with E-state index < -0.39 is 0 Å². The molecular weight excluding hydrogens is 420 g/mol. The van der Waals surface area contributed by atoms with Crippen molar-refractivity contribution >= 4 is 28.8 Å². The molecule has 1 aliphatic heterocycles. The van der Waals surface area contributed by atoms with Crippen molar-refractivity contribution in [1.82, 2.24) is 14.8 Å². The Kier molecular flexibility index (Phi) is 6.01. The van der Waals surface area contributed by atoms with E-state index in [-0.39, 0.29) is 17.7 Å². The van der Waals surface area contributed by atoms with Gasteiger partial charge in [-0.2, -0.15) is 0 Å². The van der Waals surface area contributed by atoms with Crippen molar-refractivity contribution in [1.29, 1.82) is 0 Å². The van der Waals surface area contributed by atoms with Gasteiger partial charge in [0.1, 0.15) is 5.01 Å². The van der Waals surface area contributed by atoms with Crippen LogP contribution in [0.5, 0.6) is 0 Å². The van der Waals surface area contributed by atoms with Crippen LogP contribution in [0.25, 0.3) is 10.6 Å². The molecule has 2 aliphatic rings. The third kappa shape index (κ3) is 4.89. The van der Waals surface area contributed by atoms with E-state index >= 15 is 0 Å². The number of aromatic nitrogens is 1. The van der Waals surface area contributed by atoms with Crippen LogP contribution in [0.1, 0.15) is 28.9 Å². The Hall–Kier alpha value is -3.03. The van der Waals surface area contributed by atoms with Crippen molar-refractivity contribution in [3.05, 3.63) is 71.2 Å². The van der Waals surface area contributed by atoms with Gasteiger partial charge in [-0.3, -0.25) is 14.5 Å². The molecule has 32 heavy (non-hydrogen) atoms. The second-order valence-electron chi connectivity index (χ2n) is 8.42. The minimum Gasteiger partial charge on any atom is -0.336 e. The quantitative estimate of drug-likeness (QED) is 0.619. The Morgan fingerprint density at radius 2 is 1.78 bits per heavy atom. The van der Waals surface area contributed by atoms with E-state index in [1.807, 2.05) is 41.3 Å². The molecule has 2 fully saturated rings. The molecule has 0 unspecified atom stereocenters. The van der Waals surface area contributed by atoms with E-state index in [0.29, 0.717) is 24.3 Å². The number of carbonyl (C=O) groups excluding carboxylic acids is 2. The predicted molar refractivity (Wildman–Crippen MR) is 127 cm³/mol. The van der Waals surface area contributed by atoms with Crippen molar-refractivity contribution in [2.24, 2.45) is 5.92 Å². The van der Waals surface area contributed by atoms with Crippen molar-refractivity contribution in [3.63, 3.8) is 0 Å². The molecule has 3 aromatic rings. The molecule has 2 amide bonds. The molecule has 1 N–H and O–H groups in total. The first-order chi connectivity index (χ1) is 15.7. The summed E-state index contributed by atoms with van der Waals surface area (Å²) in [6, 6.07) is 17.5. The summed E-state index contributed by atoms with van der Waals surface area (Å²) in [7, 11) is 0. The number of rotatable bonds is 6. The normalized spacial score (nSPS) is 16.7. The van der Waals surface area contributed by atoms with E-state index in [4.69, 9.17) is 4.98 Å². The van der Waals surface area contributed by atoms with Crippen LogP contribution in [0.4, 0.5) is 5.69 Å². The number of carbonyl (C=O) groups is 2. The lowest BCUT2D eigenvalue weighted by atomic mass is 10.1. The molecular formula is C25H26N4O2S. The number of amides is 2. The monoisotopic (exact) mass is 446 g/mol. The second kappa shape index (κ2) is 9.22. The first kappa shape index (κ1) is 20.8. The van der Waals surface area contributed by atoms with E-state index in [9.17, 15) is 9.59 Å². The topological polar surface area (TPSA) is 65.5 Å². The predicted octanol–water partition coefficient (Wildman–Crippen LogP) is 4.12. The Morgan fingerprint density at radius 3 is 2.53 bits per heavy atom. The molecule has 5 rings (SSSR count). The van der Waals surface area contributed by atoms with Gasteiger partial charge in [0.2, 0.25) is 5.91 Å². The number of nitrogens with one attached hydrogen (secondary N) is 1. The van der Waals surface area contributed by atoms with E-state index in [1.165, 1.54) is 0 Å². The molecule has 1 saturated carbocycles. The fourth-order valence-corrected chi connectivity index (χ4v) is 4.75. The SMILES string of the molecule is O=C(Nc1cccc(C(=O)N2CCN(Cc3csc(-c4ccccc4)n3)CC2)c1)C1CC1. The molecule has 0 bridgehead atoms. The summed E-state index contributed by atoms with van der Waals surface area (Å²) in [6.07, 6.45) is 1.92. The lowest BCUT2D eigenvalue weighted by Crippen LogP contribution is -2.48. The summed E-state index contributed by atoms with van der Waals surface area (Å²) in [5, 5.41) is 6.10. The summed E-state index contributed by atoms with van der Waals surface area (Å²) in [5.74, 6) is 0.219. The Labute approximate surface area is 191 Å². The van der Waals surface area contributed by atoms with Crippen LogP contribution in [-0.2, 0) is 11.3 Å². The summed E-state index contributed by atoms with van der Waals surface area (Å²) < 4.78 is 0. The van der Waals surface area contributed by atoms with Gasteiger partial charge >= 0.3 is 0 Å². The first-order valence-corrected chi connectivity index (χ1v) is 12.0. The number of benzene rings is 2. The largest absolute Gasteiger partial charge is 0.336 e. The highest BCUT2D eigenvalue weighted by Crippen LogP contribution is 2.30. The van der Waals surface area contributed by atoms with Crippen molar-refractivity contribution in [3.8, 4) is 10.6 Å². The van der Waals surface area contributed by atoms with Gasteiger partial charge in [0, 0.05) is 60.8 Å². The molecule has 6 nitrogen and oxygen atoms in total. The zero-order valence-corrected chi connectivity index (χ0v) is 18.7. The minimum atomic E-state index is 0.0205. The van der Waals surface area contributed by atoms with Gasteiger partial charge in [-0.1, -0.05) is 36.4 Å². The molecule has 0 radical (unpaired) electrons. The smallest absolute Gasteiger partial charge is 0.254 e. The van der Waals surface area contributed by atoms with Gasteiger partial charge < -0.3 is 10.2 Å². The second-order valence-corrected chi connectivity index (χ2v) is 9.28. The number of hydrogen-bond donors (Lipinski definition) is 1. The standard InChI is InChI=1S/C25H26N4O2S/c30-23(18-9-10-18)26-21-8-4-7-20(15-21)25(31)29-13-11-28(12-14-29)16-22-17-32-24(27-22)19-5-2-1-3-6-19/h1-8,15,17-18H,9-14,16H2,(H,26,30). The maximum absolute atomic E-state index is 13.0. The van der Waals surface area contributed by atoms with Crippen LogP contribution in [0.15, 0.2) is 60.0 Å². The van der Waals surface area contributed by atoms with Crippen LogP contribution >= 0.6 is 11.3 Å². The lowest BCUT2D eigenvalue weighted by molar-refractivity contribution is -0.117. The number of nitrogens with zero attached hydrogens (tertiary/aromatic N) is 3. The molecule has 1 aliphatic carbocycles. The van der Waals surface area contributed by atoms with E-state index in [1.54, 1.807) is 17.4 Å². The summed E-state index contributed by atoms with van der Waals surface area (Å²) >= 11 is 1.67. The zero-order valence-electron chi connectivity index (χ0n) is 17.9. The number of piperazine rings is 1. The summed E-state index contributed by atoms with van der Waals surface area (Å²) in [6.45, 7) is 3.82. The maximum Gasteiger partial charge on any atom is 0.254 e. The molecule has 2 aromatic carbocycles. The lowest BCUT2D eigenvalue weighted by Gasteiger charge is -2.34. The molecule has 2 heterocycles. The third-order valence-corrected chi connectivity index (χ3v) is 6.88.